The molecule has 1 aromatic carbocycles. The van der Waals surface area contributed by atoms with Gasteiger partial charge in [0.2, 0.25) is 0 Å². The Kier molecular flexibility index (Phi) is 3.09. The number of anilines is 2. The van der Waals surface area contributed by atoms with Gasteiger partial charge < -0.3 is 15.8 Å². The van der Waals surface area contributed by atoms with Crippen molar-refractivity contribution in [2.75, 3.05) is 25.2 Å². The van der Waals surface area contributed by atoms with Crippen LogP contribution in [0.25, 0.3) is 11.4 Å². The SMILES string of the molecule is CNc1cc(N)nc(-c2cccc(OC)c2)n1. The molecule has 0 spiro atoms. The molecule has 0 amide bonds. The zero-order chi connectivity index (χ0) is 12.3. The molecule has 3 N–H and O–H groups in total. The minimum absolute atomic E-state index is 0.433. The number of methoxy groups -OCH3 is 1. The van der Waals surface area contributed by atoms with Crippen molar-refractivity contribution < 1.29 is 4.74 Å². The van der Waals surface area contributed by atoms with Crippen molar-refractivity contribution in [2.24, 2.45) is 0 Å². The lowest BCUT2D eigenvalue weighted by Crippen LogP contribution is -2.00. The van der Waals surface area contributed by atoms with Gasteiger partial charge in [0.05, 0.1) is 7.11 Å². The lowest BCUT2D eigenvalue weighted by Gasteiger charge is -2.06. The third-order valence-corrected chi connectivity index (χ3v) is 2.33. The monoisotopic (exact) mass is 230 g/mol. The van der Waals surface area contributed by atoms with Gasteiger partial charge in [-0.1, -0.05) is 12.1 Å². The lowest BCUT2D eigenvalue weighted by atomic mass is 10.2. The topological polar surface area (TPSA) is 73.1 Å². The van der Waals surface area contributed by atoms with Crippen LogP contribution in [0.5, 0.6) is 5.75 Å². The van der Waals surface area contributed by atoms with Gasteiger partial charge in [-0.05, 0) is 12.1 Å². The lowest BCUT2D eigenvalue weighted by molar-refractivity contribution is 0.415. The second-order valence-electron chi connectivity index (χ2n) is 3.48. The van der Waals surface area contributed by atoms with E-state index in [0.717, 1.165) is 11.3 Å². The third-order valence-electron chi connectivity index (χ3n) is 2.33. The summed E-state index contributed by atoms with van der Waals surface area (Å²) in [4.78, 5) is 8.54. The first kappa shape index (κ1) is 11.2. The molecule has 0 aliphatic carbocycles. The molecular formula is C12H14N4O. The van der Waals surface area contributed by atoms with Crippen LogP contribution in [0.4, 0.5) is 11.6 Å². The first-order chi connectivity index (χ1) is 8.22. The molecule has 0 fully saturated rings. The number of nitrogens with one attached hydrogen (secondary N) is 1. The highest BCUT2D eigenvalue weighted by Crippen LogP contribution is 2.22. The second-order valence-corrected chi connectivity index (χ2v) is 3.48. The molecule has 0 radical (unpaired) electrons. The Morgan fingerprint density at radius 2 is 2.06 bits per heavy atom. The molecule has 88 valence electrons. The molecule has 0 atom stereocenters. The minimum atomic E-state index is 0.433. The molecule has 0 bridgehead atoms. The number of nitrogen functional groups attached to an aromatic ring is 1. The van der Waals surface area contributed by atoms with Crippen molar-refractivity contribution >= 4 is 11.6 Å². The van der Waals surface area contributed by atoms with Crippen molar-refractivity contribution in [3.63, 3.8) is 0 Å². The van der Waals surface area contributed by atoms with Gasteiger partial charge in [-0.3, -0.25) is 0 Å². The Bertz CT molecular complexity index is 528. The number of hydrogen-bond donors (Lipinski definition) is 2. The number of ether oxygens (including phenoxy) is 1. The average molecular weight is 230 g/mol. The van der Waals surface area contributed by atoms with E-state index < -0.39 is 0 Å². The molecule has 2 aromatic rings. The molecule has 2 rings (SSSR count). The van der Waals surface area contributed by atoms with E-state index in [-0.39, 0.29) is 0 Å². The van der Waals surface area contributed by atoms with Crippen LogP contribution < -0.4 is 15.8 Å². The van der Waals surface area contributed by atoms with Gasteiger partial charge in [-0.2, -0.15) is 0 Å². The molecule has 1 aromatic heterocycles. The van der Waals surface area contributed by atoms with Gasteiger partial charge in [0.15, 0.2) is 5.82 Å². The second kappa shape index (κ2) is 4.69. The maximum absolute atomic E-state index is 5.72. The third kappa shape index (κ3) is 2.44. The Hall–Kier alpha value is -2.30. The van der Waals surface area contributed by atoms with Crippen molar-refractivity contribution in [3.05, 3.63) is 30.3 Å². The molecule has 5 nitrogen and oxygen atoms in total. The predicted octanol–water partition coefficient (Wildman–Crippen LogP) is 1.78. The summed E-state index contributed by atoms with van der Waals surface area (Å²) in [5, 5.41) is 2.94. The van der Waals surface area contributed by atoms with E-state index in [2.05, 4.69) is 15.3 Å². The molecule has 17 heavy (non-hydrogen) atoms. The largest absolute Gasteiger partial charge is 0.497 e. The summed E-state index contributed by atoms with van der Waals surface area (Å²) in [7, 11) is 3.41. The van der Waals surface area contributed by atoms with Gasteiger partial charge in [0, 0.05) is 18.7 Å². The average Bonchev–Trinajstić information content (AvgIpc) is 2.38. The highest BCUT2D eigenvalue weighted by atomic mass is 16.5. The van der Waals surface area contributed by atoms with E-state index in [1.54, 1.807) is 20.2 Å². The van der Waals surface area contributed by atoms with E-state index >= 15 is 0 Å². The van der Waals surface area contributed by atoms with E-state index in [4.69, 9.17) is 10.5 Å². The van der Waals surface area contributed by atoms with Crippen LogP contribution in [0, 0.1) is 0 Å². The zero-order valence-corrected chi connectivity index (χ0v) is 9.77. The van der Waals surface area contributed by atoms with Crippen LogP contribution in [0.15, 0.2) is 30.3 Å². The van der Waals surface area contributed by atoms with E-state index in [1.807, 2.05) is 24.3 Å². The summed E-state index contributed by atoms with van der Waals surface area (Å²) in [6.07, 6.45) is 0. The summed E-state index contributed by atoms with van der Waals surface area (Å²) >= 11 is 0. The summed E-state index contributed by atoms with van der Waals surface area (Å²) in [5.74, 6) is 2.46. The van der Waals surface area contributed by atoms with Crippen molar-refractivity contribution in [2.45, 2.75) is 0 Å². The Balaban J connectivity index is 2.47. The predicted molar refractivity (Wildman–Crippen MR) is 68.0 cm³/mol. The zero-order valence-electron chi connectivity index (χ0n) is 9.77. The van der Waals surface area contributed by atoms with Crippen LogP contribution in [-0.2, 0) is 0 Å². The Morgan fingerprint density at radius 3 is 2.76 bits per heavy atom. The molecule has 1 heterocycles. The highest BCUT2D eigenvalue weighted by Gasteiger charge is 2.05. The van der Waals surface area contributed by atoms with Crippen LogP contribution in [0.3, 0.4) is 0 Å². The highest BCUT2D eigenvalue weighted by molar-refractivity contribution is 5.61. The fourth-order valence-corrected chi connectivity index (χ4v) is 1.49. The van der Waals surface area contributed by atoms with Crippen LogP contribution in [0.1, 0.15) is 0 Å². The number of hydrogen-bond acceptors (Lipinski definition) is 5. The van der Waals surface area contributed by atoms with Gasteiger partial charge in [0.25, 0.3) is 0 Å². The first-order valence-corrected chi connectivity index (χ1v) is 5.19. The van der Waals surface area contributed by atoms with E-state index in [9.17, 15) is 0 Å². The maximum atomic E-state index is 5.72. The summed E-state index contributed by atoms with van der Waals surface area (Å²) in [6.45, 7) is 0. The molecule has 5 heteroatoms. The van der Waals surface area contributed by atoms with Gasteiger partial charge >= 0.3 is 0 Å². The van der Waals surface area contributed by atoms with Crippen LogP contribution in [-0.4, -0.2) is 24.1 Å². The fraction of sp³-hybridized carbons (Fsp3) is 0.167. The quantitative estimate of drug-likeness (QED) is 0.840. The maximum Gasteiger partial charge on any atom is 0.163 e. The number of nitrogens with zero attached hydrogens (tertiary/aromatic N) is 2. The summed E-state index contributed by atoms with van der Waals surface area (Å²) in [6, 6.07) is 9.23. The van der Waals surface area contributed by atoms with E-state index in [0.29, 0.717) is 17.5 Å². The van der Waals surface area contributed by atoms with E-state index in [1.165, 1.54) is 0 Å². The van der Waals surface area contributed by atoms with Gasteiger partial charge in [-0.15, -0.1) is 0 Å². The summed E-state index contributed by atoms with van der Waals surface area (Å²) < 4.78 is 5.16. The first-order valence-electron chi connectivity index (χ1n) is 5.19. The Labute approximate surface area is 99.7 Å². The van der Waals surface area contributed by atoms with Crippen molar-refractivity contribution in [1.82, 2.24) is 9.97 Å². The van der Waals surface area contributed by atoms with Crippen molar-refractivity contribution in [3.8, 4) is 17.1 Å². The number of aromatic nitrogens is 2. The van der Waals surface area contributed by atoms with Crippen molar-refractivity contribution in [1.29, 1.82) is 0 Å². The molecule has 0 saturated heterocycles. The molecular weight excluding hydrogens is 216 g/mol. The van der Waals surface area contributed by atoms with Gasteiger partial charge in [-0.25, -0.2) is 9.97 Å². The molecule has 0 unspecified atom stereocenters. The smallest absolute Gasteiger partial charge is 0.163 e. The summed E-state index contributed by atoms with van der Waals surface area (Å²) in [5.41, 5.74) is 6.59. The van der Waals surface area contributed by atoms with Crippen LogP contribution in [0.2, 0.25) is 0 Å². The molecule has 0 aliphatic heterocycles. The number of rotatable bonds is 3. The molecule has 0 saturated carbocycles. The fourth-order valence-electron chi connectivity index (χ4n) is 1.49. The number of nitrogens with two attached hydrogens (primary N) is 1. The normalized spacial score (nSPS) is 10.0. The standard InChI is InChI=1S/C12H14N4O/c1-14-11-7-10(13)15-12(16-11)8-4-3-5-9(6-8)17-2/h3-7H,1-2H3,(H3,13,14,15,16). The Morgan fingerprint density at radius 1 is 1.24 bits per heavy atom. The molecule has 0 aliphatic rings. The van der Waals surface area contributed by atoms with Gasteiger partial charge in [0.1, 0.15) is 17.4 Å². The number of benzene rings is 1. The minimum Gasteiger partial charge on any atom is -0.497 e. The van der Waals surface area contributed by atoms with Crippen LogP contribution >= 0.6 is 0 Å².